The Hall–Kier alpha value is -2.15. The zero-order valence-electron chi connectivity index (χ0n) is 9.73. The first-order chi connectivity index (χ1) is 9.06. The van der Waals surface area contributed by atoms with Gasteiger partial charge in [-0.05, 0) is 24.3 Å². The highest BCUT2D eigenvalue weighted by atomic mass is 32.1. The van der Waals surface area contributed by atoms with E-state index in [1.54, 1.807) is 6.07 Å². The summed E-state index contributed by atoms with van der Waals surface area (Å²) in [5.74, 6) is -0.760. The number of anilines is 1. The van der Waals surface area contributed by atoms with Crippen molar-refractivity contribution in [2.24, 2.45) is 5.73 Å². The third-order valence-corrected chi connectivity index (χ3v) is 2.56. The molecular weight excluding hydrogens is 270 g/mol. The quantitative estimate of drug-likeness (QED) is 0.839. The number of thiocarbonyl (C=S) groups is 1. The van der Waals surface area contributed by atoms with Crippen molar-refractivity contribution in [2.45, 2.75) is 6.54 Å². The van der Waals surface area contributed by atoms with Gasteiger partial charge in [0, 0.05) is 18.3 Å². The molecular formula is C12H10F2N4S. The molecule has 0 unspecified atom stereocenters. The summed E-state index contributed by atoms with van der Waals surface area (Å²) in [6.45, 7) is 0.0599. The van der Waals surface area contributed by atoms with Gasteiger partial charge in [-0.3, -0.25) is 0 Å². The normalized spacial score (nSPS) is 10.2. The van der Waals surface area contributed by atoms with Crippen LogP contribution in [0.15, 0.2) is 30.5 Å². The first-order valence-electron chi connectivity index (χ1n) is 5.37. The Labute approximate surface area is 113 Å². The van der Waals surface area contributed by atoms with E-state index >= 15 is 0 Å². The molecule has 0 saturated heterocycles. The van der Waals surface area contributed by atoms with E-state index in [9.17, 15) is 8.78 Å². The van der Waals surface area contributed by atoms with Crippen LogP contribution in [0.3, 0.4) is 0 Å². The molecule has 0 radical (unpaired) electrons. The predicted molar refractivity (Wildman–Crippen MR) is 71.6 cm³/mol. The van der Waals surface area contributed by atoms with Gasteiger partial charge in [0.1, 0.15) is 22.3 Å². The SMILES string of the molecule is NC(=S)c1ccnc(NCc2cc(F)ccc2F)n1. The third kappa shape index (κ3) is 3.41. The summed E-state index contributed by atoms with van der Waals surface area (Å²) in [5, 5.41) is 2.78. The molecule has 0 saturated carbocycles. The molecule has 0 fully saturated rings. The Morgan fingerprint density at radius 1 is 1.32 bits per heavy atom. The van der Waals surface area contributed by atoms with Crippen LogP contribution < -0.4 is 11.1 Å². The molecule has 0 aliphatic rings. The molecule has 0 atom stereocenters. The van der Waals surface area contributed by atoms with Crippen molar-refractivity contribution in [3.8, 4) is 0 Å². The summed E-state index contributed by atoms with van der Waals surface area (Å²) in [5.41, 5.74) is 6.03. The molecule has 1 aromatic heterocycles. The highest BCUT2D eigenvalue weighted by molar-refractivity contribution is 7.80. The van der Waals surface area contributed by atoms with Gasteiger partial charge in [0.2, 0.25) is 5.95 Å². The molecule has 2 rings (SSSR count). The molecule has 98 valence electrons. The fraction of sp³-hybridized carbons (Fsp3) is 0.0833. The zero-order chi connectivity index (χ0) is 13.8. The molecule has 0 bridgehead atoms. The van der Waals surface area contributed by atoms with Crippen LogP contribution in [0.4, 0.5) is 14.7 Å². The van der Waals surface area contributed by atoms with Crippen molar-refractivity contribution in [3.63, 3.8) is 0 Å². The zero-order valence-corrected chi connectivity index (χ0v) is 10.5. The molecule has 0 aliphatic carbocycles. The number of rotatable bonds is 4. The smallest absolute Gasteiger partial charge is 0.223 e. The van der Waals surface area contributed by atoms with Crippen molar-refractivity contribution in [1.29, 1.82) is 0 Å². The van der Waals surface area contributed by atoms with Crippen LogP contribution in [0.2, 0.25) is 0 Å². The van der Waals surface area contributed by atoms with E-state index in [0.717, 1.165) is 18.2 Å². The molecule has 7 heteroatoms. The third-order valence-electron chi connectivity index (χ3n) is 2.35. The van der Waals surface area contributed by atoms with Crippen LogP contribution in [0.5, 0.6) is 0 Å². The van der Waals surface area contributed by atoms with E-state index in [-0.39, 0.29) is 23.0 Å². The van der Waals surface area contributed by atoms with Gasteiger partial charge in [0.05, 0.1) is 0 Å². The predicted octanol–water partition coefficient (Wildman–Crippen LogP) is 2.00. The van der Waals surface area contributed by atoms with E-state index in [4.69, 9.17) is 18.0 Å². The first-order valence-corrected chi connectivity index (χ1v) is 5.78. The summed E-state index contributed by atoms with van der Waals surface area (Å²) in [6.07, 6.45) is 1.48. The highest BCUT2D eigenvalue weighted by Gasteiger charge is 2.05. The van der Waals surface area contributed by atoms with Crippen LogP contribution >= 0.6 is 12.2 Å². The lowest BCUT2D eigenvalue weighted by Gasteiger charge is -2.07. The van der Waals surface area contributed by atoms with Crippen LogP contribution in [0, 0.1) is 11.6 Å². The Balaban J connectivity index is 2.12. The number of nitrogens with two attached hydrogens (primary N) is 1. The maximum atomic E-state index is 13.4. The monoisotopic (exact) mass is 280 g/mol. The topological polar surface area (TPSA) is 63.8 Å². The van der Waals surface area contributed by atoms with E-state index in [1.165, 1.54) is 6.20 Å². The number of aromatic nitrogens is 2. The van der Waals surface area contributed by atoms with E-state index < -0.39 is 11.6 Å². The van der Waals surface area contributed by atoms with Crippen molar-refractivity contribution >= 4 is 23.2 Å². The number of halogens is 2. The minimum atomic E-state index is -0.504. The minimum Gasteiger partial charge on any atom is -0.388 e. The fourth-order valence-electron chi connectivity index (χ4n) is 1.43. The minimum absolute atomic E-state index is 0.0599. The Morgan fingerprint density at radius 2 is 2.11 bits per heavy atom. The van der Waals surface area contributed by atoms with Crippen molar-refractivity contribution in [3.05, 3.63) is 53.4 Å². The second-order valence-corrected chi connectivity index (χ2v) is 4.16. The highest BCUT2D eigenvalue weighted by Crippen LogP contribution is 2.11. The summed E-state index contributed by atoms with van der Waals surface area (Å²) in [7, 11) is 0. The fourth-order valence-corrected chi connectivity index (χ4v) is 1.55. The maximum absolute atomic E-state index is 13.4. The van der Waals surface area contributed by atoms with E-state index in [1.807, 2.05) is 0 Å². The summed E-state index contributed by atoms with van der Waals surface area (Å²) < 4.78 is 26.4. The Kier molecular flexibility index (Phi) is 3.96. The van der Waals surface area contributed by atoms with Gasteiger partial charge < -0.3 is 11.1 Å². The average molecular weight is 280 g/mol. The van der Waals surface area contributed by atoms with Crippen LogP contribution in [-0.2, 0) is 6.54 Å². The second-order valence-electron chi connectivity index (χ2n) is 3.72. The number of nitrogens with zero attached hydrogens (tertiary/aromatic N) is 2. The van der Waals surface area contributed by atoms with Crippen LogP contribution in [-0.4, -0.2) is 15.0 Å². The average Bonchev–Trinajstić information content (AvgIpc) is 2.40. The van der Waals surface area contributed by atoms with Gasteiger partial charge in [0.15, 0.2) is 0 Å². The summed E-state index contributed by atoms with van der Waals surface area (Å²) in [4.78, 5) is 8.11. The number of hydrogen-bond donors (Lipinski definition) is 2. The van der Waals surface area contributed by atoms with Crippen molar-refractivity contribution in [1.82, 2.24) is 9.97 Å². The molecule has 19 heavy (non-hydrogen) atoms. The number of hydrogen-bond acceptors (Lipinski definition) is 4. The molecule has 0 amide bonds. The largest absolute Gasteiger partial charge is 0.388 e. The first kappa shape index (κ1) is 13.3. The van der Waals surface area contributed by atoms with Gasteiger partial charge in [-0.25, -0.2) is 18.7 Å². The molecule has 1 heterocycles. The lowest BCUT2D eigenvalue weighted by Crippen LogP contribution is -2.14. The molecule has 3 N–H and O–H groups in total. The second kappa shape index (κ2) is 5.66. The molecule has 0 spiro atoms. The van der Waals surface area contributed by atoms with Crippen LogP contribution in [0.25, 0.3) is 0 Å². The Bertz CT molecular complexity index is 618. The molecule has 2 aromatic rings. The maximum Gasteiger partial charge on any atom is 0.223 e. The summed E-state index contributed by atoms with van der Waals surface area (Å²) >= 11 is 4.79. The van der Waals surface area contributed by atoms with Gasteiger partial charge >= 0.3 is 0 Å². The summed E-state index contributed by atoms with van der Waals surface area (Å²) in [6, 6.07) is 4.80. The molecule has 1 aromatic carbocycles. The van der Waals surface area contributed by atoms with Crippen molar-refractivity contribution < 1.29 is 8.78 Å². The lowest BCUT2D eigenvalue weighted by molar-refractivity contribution is 0.587. The van der Waals surface area contributed by atoms with Gasteiger partial charge in [-0.1, -0.05) is 12.2 Å². The number of nitrogens with one attached hydrogen (secondary N) is 1. The van der Waals surface area contributed by atoms with Crippen molar-refractivity contribution in [2.75, 3.05) is 5.32 Å². The van der Waals surface area contributed by atoms with Gasteiger partial charge in [-0.2, -0.15) is 0 Å². The standard InChI is InChI=1S/C12H10F2N4S/c13-8-1-2-9(14)7(5-8)6-17-12-16-4-3-10(18-12)11(15)19/h1-5H,6H2,(H2,15,19)(H,16,17,18). The molecule has 4 nitrogen and oxygen atoms in total. The van der Waals surface area contributed by atoms with E-state index in [2.05, 4.69) is 15.3 Å². The van der Waals surface area contributed by atoms with Gasteiger partial charge in [0.25, 0.3) is 0 Å². The van der Waals surface area contributed by atoms with Crippen LogP contribution in [0.1, 0.15) is 11.3 Å². The Morgan fingerprint density at radius 3 is 2.84 bits per heavy atom. The van der Waals surface area contributed by atoms with E-state index in [0.29, 0.717) is 5.69 Å². The number of benzene rings is 1. The lowest BCUT2D eigenvalue weighted by atomic mass is 10.2. The van der Waals surface area contributed by atoms with Gasteiger partial charge in [-0.15, -0.1) is 0 Å². The molecule has 0 aliphatic heterocycles.